The van der Waals surface area contributed by atoms with Crippen LogP contribution < -0.4 is 5.32 Å². The molecule has 1 aromatic rings. The minimum Gasteiger partial charge on any atom is -0.453 e. The van der Waals surface area contributed by atoms with Crippen LogP contribution in [0.1, 0.15) is 37.7 Å². The van der Waals surface area contributed by atoms with E-state index in [9.17, 15) is 9.59 Å². The molecule has 0 aliphatic carbocycles. The topological polar surface area (TPSA) is 80.2 Å². The number of amides is 2. The van der Waals surface area contributed by atoms with Gasteiger partial charge in [0.1, 0.15) is 6.04 Å². The van der Waals surface area contributed by atoms with E-state index in [4.69, 9.17) is 14.5 Å². The van der Waals surface area contributed by atoms with Gasteiger partial charge in [-0.1, -0.05) is 28.1 Å². The molecular weight excluding hydrogens is 462 g/mol. The van der Waals surface area contributed by atoms with E-state index in [0.29, 0.717) is 19.8 Å². The third-order valence-corrected chi connectivity index (χ3v) is 6.88. The van der Waals surface area contributed by atoms with Gasteiger partial charge in [-0.3, -0.25) is 9.79 Å². The van der Waals surface area contributed by atoms with Crippen LogP contribution in [0.25, 0.3) is 5.57 Å². The first-order chi connectivity index (χ1) is 15.1. The van der Waals surface area contributed by atoms with E-state index in [-0.39, 0.29) is 17.9 Å². The number of aliphatic imine (C=N–C) groups is 1. The molecular formula is C23H28BrN3O4. The molecule has 1 N–H and O–H groups in total. The Morgan fingerprint density at radius 1 is 1.23 bits per heavy atom. The van der Waals surface area contributed by atoms with Crippen LogP contribution >= 0.6 is 15.9 Å². The number of halogens is 1. The molecule has 7 nitrogen and oxygen atoms in total. The minimum absolute atomic E-state index is 0.0292. The Morgan fingerprint density at radius 3 is 2.68 bits per heavy atom. The zero-order valence-electron chi connectivity index (χ0n) is 17.7. The number of methoxy groups -OCH3 is 1. The number of rotatable bonds is 5. The van der Waals surface area contributed by atoms with E-state index in [2.05, 4.69) is 33.4 Å². The van der Waals surface area contributed by atoms with Crippen molar-refractivity contribution in [3.8, 4) is 0 Å². The van der Waals surface area contributed by atoms with Gasteiger partial charge in [-0.15, -0.1) is 0 Å². The second kappa shape index (κ2) is 9.96. The monoisotopic (exact) mass is 489 g/mol. The Labute approximate surface area is 191 Å². The molecule has 31 heavy (non-hydrogen) atoms. The van der Waals surface area contributed by atoms with Gasteiger partial charge in [-0.25, -0.2) is 4.79 Å². The molecule has 3 aliphatic rings. The van der Waals surface area contributed by atoms with Crippen LogP contribution in [0, 0.1) is 5.92 Å². The summed E-state index contributed by atoms with van der Waals surface area (Å²) < 4.78 is 11.3. The highest BCUT2D eigenvalue weighted by molar-refractivity contribution is 9.10. The van der Waals surface area contributed by atoms with Crippen LogP contribution in [-0.2, 0) is 14.3 Å². The third kappa shape index (κ3) is 5.01. The van der Waals surface area contributed by atoms with Gasteiger partial charge in [0.25, 0.3) is 0 Å². The number of hydrogen-bond acceptors (Lipinski definition) is 5. The first-order valence-electron chi connectivity index (χ1n) is 10.8. The van der Waals surface area contributed by atoms with Gasteiger partial charge in [0, 0.05) is 42.6 Å². The van der Waals surface area contributed by atoms with Crippen molar-refractivity contribution in [2.24, 2.45) is 10.9 Å². The van der Waals surface area contributed by atoms with Crippen LogP contribution in [-0.4, -0.2) is 61.6 Å². The molecule has 3 heterocycles. The van der Waals surface area contributed by atoms with Crippen molar-refractivity contribution < 1.29 is 19.1 Å². The molecule has 8 heteroatoms. The standard InChI is InChI=1S/C23H28BrN3O4/c1-30-23(29)26-21(16-8-11-31-12-9-16)22(28)27-10-2-3-20(27)19-13-17(14-25-19)15-4-6-18(24)7-5-15/h4-7,14,16,20-21H,2-3,8-13H2,1H3,(H,26,29)/t20-,21?/m0/s1. The predicted octanol–water partition coefficient (Wildman–Crippen LogP) is 3.78. The molecule has 2 fully saturated rings. The van der Waals surface area contributed by atoms with Gasteiger partial charge in [0.2, 0.25) is 5.91 Å². The molecule has 0 radical (unpaired) electrons. The maximum Gasteiger partial charge on any atom is 0.407 e. The van der Waals surface area contributed by atoms with Crippen LogP contribution in [0.2, 0.25) is 0 Å². The lowest BCUT2D eigenvalue weighted by Crippen LogP contribution is -2.55. The van der Waals surface area contributed by atoms with Crippen molar-refractivity contribution in [2.75, 3.05) is 26.9 Å². The molecule has 1 unspecified atom stereocenters. The molecule has 0 aromatic heterocycles. The van der Waals surface area contributed by atoms with Gasteiger partial charge >= 0.3 is 6.09 Å². The SMILES string of the molecule is COC(=O)NC(C(=O)N1CCC[C@H]1C1=NC=C(c2ccc(Br)cc2)C1)C1CCOCC1. The maximum atomic E-state index is 13.6. The van der Waals surface area contributed by atoms with Crippen molar-refractivity contribution in [1.29, 1.82) is 0 Å². The molecule has 1 aromatic carbocycles. The molecule has 2 atom stereocenters. The van der Waals surface area contributed by atoms with Gasteiger partial charge < -0.3 is 19.7 Å². The number of ether oxygens (including phenoxy) is 2. The van der Waals surface area contributed by atoms with Gasteiger partial charge in [-0.05, 0) is 54.9 Å². The summed E-state index contributed by atoms with van der Waals surface area (Å²) in [6, 6.07) is 7.57. The zero-order chi connectivity index (χ0) is 21.8. The largest absolute Gasteiger partial charge is 0.453 e. The first kappa shape index (κ1) is 22.0. The summed E-state index contributed by atoms with van der Waals surface area (Å²) in [6.07, 6.45) is 5.40. The molecule has 2 amide bonds. The lowest BCUT2D eigenvalue weighted by Gasteiger charge is -2.34. The molecule has 0 bridgehead atoms. The maximum absolute atomic E-state index is 13.6. The number of allylic oxidation sites excluding steroid dienone is 1. The number of carbonyl (C=O) groups excluding carboxylic acids is 2. The third-order valence-electron chi connectivity index (χ3n) is 6.36. The molecule has 166 valence electrons. The van der Waals surface area contributed by atoms with Crippen LogP contribution in [0.3, 0.4) is 0 Å². The predicted molar refractivity (Wildman–Crippen MR) is 122 cm³/mol. The highest BCUT2D eigenvalue weighted by Gasteiger charge is 2.40. The number of carbonyl (C=O) groups is 2. The normalized spacial score (nSPS) is 22.6. The summed E-state index contributed by atoms with van der Waals surface area (Å²) in [4.78, 5) is 32.2. The smallest absolute Gasteiger partial charge is 0.407 e. The van der Waals surface area contributed by atoms with Crippen molar-refractivity contribution in [3.63, 3.8) is 0 Å². The number of nitrogens with zero attached hydrogens (tertiary/aromatic N) is 2. The molecule has 2 saturated heterocycles. The minimum atomic E-state index is -0.599. The van der Waals surface area contributed by atoms with Crippen molar-refractivity contribution in [2.45, 2.75) is 44.2 Å². The van der Waals surface area contributed by atoms with Crippen LogP contribution in [0.15, 0.2) is 39.9 Å². The molecule has 3 aliphatic heterocycles. The highest BCUT2D eigenvalue weighted by atomic mass is 79.9. The Bertz CT molecular complexity index is 877. The number of nitrogens with one attached hydrogen (secondary N) is 1. The number of likely N-dealkylation sites (tertiary alicyclic amines) is 1. The summed E-state index contributed by atoms with van der Waals surface area (Å²) >= 11 is 3.47. The van der Waals surface area contributed by atoms with E-state index >= 15 is 0 Å². The Hall–Kier alpha value is -2.19. The average molecular weight is 490 g/mol. The van der Waals surface area contributed by atoms with Gasteiger partial charge in [0.05, 0.1) is 13.2 Å². The second-order valence-electron chi connectivity index (χ2n) is 8.21. The van der Waals surface area contributed by atoms with E-state index < -0.39 is 12.1 Å². The average Bonchev–Trinajstić information content (AvgIpc) is 3.47. The molecule has 4 rings (SSSR count). The van der Waals surface area contributed by atoms with Crippen molar-refractivity contribution >= 4 is 39.2 Å². The fourth-order valence-corrected chi connectivity index (χ4v) is 4.93. The van der Waals surface area contributed by atoms with Gasteiger partial charge in [0.15, 0.2) is 0 Å². The number of alkyl carbamates (subject to hydrolysis) is 1. The fraction of sp³-hybridized carbons (Fsp3) is 0.522. The van der Waals surface area contributed by atoms with E-state index in [0.717, 1.165) is 53.4 Å². The summed E-state index contributed by atoms with van der Waals surface area (Å²) in [5, 5.41) is 2.80. The van der Waals surface area contributed by atoms with E-state index in [1.165, 1.54) is 7.11 Å². The van der Waals surface area contributed by atoms with Crippen molar-refractivity contribution in [3.05, 3.63) is 40.5 Å². The lowest BCUT2D eigenvalue weighted by atomic mass is 9.90. The summed E-state index contributed by atoms with van der Waals surface area (Å²) in [6.45, 7) is 1.89. The van der Waals surface area contributed by atoms with Crippen LogP contribution in [0.4, 0.5) is 4.79 Å². The Balaban J connectivity index is 1.47. The Morgan fingerprint density at radius 2 is 1.97 bits per heavy atom. The molecule has 0 saturated carbocycles. The van der Waals surface area contributed by atoms with E-state index in [1.54, 1.807) is 0 Å². The number of benzene rings is 1. The highest BCUT2D eigenvalue weighted by Crippen LogP contribution is 2.31. The van der Waals surface area contributed by atoms with Gasteiger partial charge in [-0.2, -0.15) is 0 Å². The quantitative estimate of drug-likeness (QED) is 0.682. The van der Waals surface area contributed by atoms with Crippen molar-refractivity contribution in [1.82, 2.24) is 10.2 Å². The van der Waals surface area contributed by atoms with E-state index in [1.807, 2.05) is 23.2 Å². The first-order valence-corrected chi connectivity index (χ1v) is 11.6. The Kier molecular flexibility index (Phi) is 7.07. The fourth-order valence-electron chi connectivity index (χ4n) is 4.66. The summed E-state index contributed by atoms with van der Waals surface area (Å²) in [7, 11) is 1.32. The zero-order valence-corrected chi connectivity index (χ0v) is 19.3. The number of hydrogen-bond donors (Lipinski definition) is 1. The summed E-state index contributed by atoms with van der Waals surface area (Å²) in [5.41, 5.74) is 3.33. The molecule has 0 spiro atoms. The van der Waals surface area contributed by atoms with Crippen LogP contribution in [0.5, 0.6) is 0 Å². The lowest BCUT2D eigenvalue weighted by molar-refractivity contribution is -0.135. The summed E-state index contributed by atoms with van der Waals surface area (Å²) in [5.74, 6) is 0.00293. The second-order valence-corrected chi connectivity index (χ2v) is 9.13.